The van der Waals surface area contributed by atoms with Crippen LogP contribution in [-0.2, 0) is 0 Å². The molecule has 4 heterocycles. The van der Waals surface area contributed by atoms with Gasteiger partial charge in [-0.05, 0) is 45.8 Å². The molecule has 0 N–H and O–H groups in total. The van der Waals surface area contributed by atoms with E-state index >= 15 is 0 Å². The largest absolute Gasteiger partial charge is 0.287 e. The van der Waals surface area contributed by atoms with Gasteiger partial charge in [0, 0.05) is 33.4 Å². The second kappa shape index (κ2) is 5.20. The maximum absolute atomic E-state index is 12.8. The Labute approximate surface area is 164 Å². The number of fused-ring (bicyclic) bond motifs is 4. The minimum absolute atomic E-state index is 0.118. The number of carbonyl (C=O) groups excluding carboxylic acids is 2. The van der Waals surface area contributed by atoms with Gasteiger partial charge in [0.2, 0.25) is 11.6 Å². The quantitative estimate of drug-likeness (QED) is 0.308. The number of hydrogen-bond acceptors (Lipinski definition) is 6. The molecule has 0 unspecified atom stereocenters. The van der Waals surface area contributed by atoms with Gasteiger partial charge in [0.1, 0.15) is 0 Å². The van der Waals surface area contributed by atoms with Crippen LogP contribution in [0.2, 0.25) is 0 Å². The van der Waals surface area contributed by atoms with Crippen molar-refractivity contribution in [2.75, 3.05) is 0 Å². The van der Waals surface area contributed by atoms with Crippen molar-refractivity contribution in [3.8, 4) is 0 Å². The molecule has 0 bridgehead atoms. The average Bonchev–Trinajstić information content (AvgIpc) is 3.43. The number of carbonyl (C=O) groups is 2. The molecule has 0 aliphatic heterocycles. The third-order valence-corrected chi connectivity index (χ3v) is 8.47. The van der Waals surface area contributed by atoms with Gasteiger partial charge in [-0.25, -0.2) is 0 Å². The second-order valence-corrected chi connectivity index (χ2v) is 9.73. The summed E-state index contributed by atoms with van der Waals surface area (Å²) >= 11 is 5.99. The molecule has 0 fully saturated rings. The second-order valence-electron chi connectivity index (χ2n) is 6.06. The van der Waals surface area contributed by atoms with Crippen molar-refractivity contribution in [1.82, 2.24) is 0 Å². The first-order chi connectivity index (χ1) is 12.8. The van der Waals surface area contributed by atoms with Crippen molar-refractivity contribution in [2.45, 2.75) is 0 Å². The minimum atomic E-state index is 0.118. The molecule has 0 saturated heterocycles. The molecular formula is C20H8O2S4. The first-order valence-corrected chi connectivity index (χ1v) is 11.4. The van der Waals surface area contributed by atoms with E-state index in [1.807, 2.05) is 45.8 Å². The Kier molecular flexibility index (Phi) is 3.00. The van der Waals surface area contributed by atoms with Crippen LogP contribution in [0.25, 0.3) is 11.1 Å². The molecule has 6 heteroatoms. The van der Waals surface area contributed by atoms with Crippen LogP contribution in [0.1, 0.15) is 51.4 Å². The topological polar surface area (TPSA) is 34.1 Å². The van der Waals surface area contributed by atoms with Gasteiger partial charge < -0.3 is 0 Å². The smallest absolute Gasteiger partial charge is 0.214 e. The monoisotopic (exact) mass is 408 g/mol. The van der Waals surface area contributed by atoms with Crippen LogP contribution < -0.4 is 0 Å². The van der Waals surface area contributed by atoms with Crippen molar-refractivity contribution >= 4 is 68.1 Å². The Morgan fingerprint density at radius 3 is 1.00 bits per heavy atom. The Bertz CT molecular complexity index is 1080. The third-order valence-electron chi connectivity index (χ3n) is 4.81. The summed E-state index contributed by atoms with van der Waals surface area (Å²) in [6, 6.07) is 8.15. The van der Waals surface area contributed by atoms with Crippen LogP contribution in [-0.4, -0.2) is 11.6 Å². The highest BCUT2D eigenvalue weighted by atomic mass is 32.1. The molecule has 0 spiro atoms. The number of thiophene rings is 4. The highest BCUT2D eigenvalue weighted by Gasteiger charge is 2.36. The lowest BCUT2D eigenvalue weighted by Crippen LogP contribution is -2.14. The summed E-state index contributed by atoms with van der Waals surface area (Å²) in [6.07, 6.45) is 0. The molecule has 0 amide bonds. The molecule has 0 atom stereocenters. The Morgan fingerprint density at radius 1 is 0.462 bits per heavy atom. The van der Waals surface area contributed by atoms with Gasteiger partial charge in [0.25, 0.3) is 0 Å². The fourth-order valence-corrected chi connectivity index (χ4v) is 7.28. The summed E-state index contributed by atoms with van der Waals surface area (Å²) in [7, 11) is 0. The Morgan fingerprint density at radius 2 is 0.731 bits per heavy atom. The van der Waals surface area contributed by atoms with E-state index in [-0.39, 0.29) is 11.6 Å². The van der Waals surface area contributed by atoms with E-state index in [2.05, 4.69) is 0 Å². The van der Waals surface area contributed by atoms with Gasteiger partial charge in [-0.3, -0.25) is 9.59 Å². The summed E-state index contributed by atoms with van der Waals surface area (Å²) in [6.45, 7) is 0. The zero-order valence-electron chi connectivity index (χ0n) is 13.1. The third kappa shape index (κ3) is 1.75. The molecule has 26 heavy (non-hydrogen) atoms. The van der Waals surface area contributed by atoms with Gasteiger partial charge >= 0.3 is 0 Å². The van der Waals surface area contributed by atoms with Crippen LogP contribution in [0.4, 0.5) is 0 Å². The lowest BCUT2D eigenvalue weighted by molar-refractivity contribution is 0.103. The number of rotatable bonds is 0. The summed E-state index contributed by atoms with van der Waals surface area (Å²) in [5.74, 6) is 0.236. The van der Waals surface area contributed by atoms with E-state index in [0.717, 1.165) is 52.9 Å². The molecule has 0 aromatic carbocycles. The van der Waals surface area contributed by atoms with E-state index in [4.69, 9.17) is 0 Å². The van der Waals surface area contributed by atoms with E-state index in [0.29, 0.717) is 0 Å². The molecule has 0 saturated carbocycles. The summed E-state index contributed by atoms with van der Waals surface area (Å²) in [4.78, 5) is 28.9. The molecule has 6 rings (SSSR count). The van der Waals surface area contributed by atoms with Crippen molar-refractivity contribution < 1.29 is 9.59 Å². The lowest BCUT2D eigenvalue weighted by Gasteiger charge is -2.23. The Hall–Kier alpha value is -2.12. The minimum Gasteiger partial charge on any atom is -0.287 e. The molecule has 0 radical (unpaired) electrons. The van der Waals surface area contributed by atoms with E-state index in [9.17, 15) is 9.59 Å². The molecule has 4 aromatic heterocycles. The summed E-state index contributed by atoms with van der Waals surface area (Å²) < 4.78 is 0. The highest BCUT2D eigenvalue weighted by molar-refractivity contribution is 7.17. The van der Waals surface area contributed by atoms with Gasteiger partial charge in [0.15, 0.2) is 0 Å². The first kappa shape index (κ1) is 15.0. The molecule has 2 aliphatic rings. The van der Waals surface area contributed by atoms with Crippen LogP contribution in [0.3, 0.4) is 0 Å². The summed E-state index contributed by atoms with van der Waals surface area (Å²) in [5, 5.41) is 7.93. The lowest BCUT2D eigenvalue weighted by atomic mass is 9.80. The van der Waals surface area contributed by atoms with Gasteiger partial charge in [-0.2, -0.15) is 0 Å². The normalized spacial score (nSPS) is 14.9. The molecular weight excluding hydrogens is 400 g/mol. The van der Waals surface area contributed by atoms with Crippen LogP contribution >= 0.6 is 45.3 Å². The van der Waals surface area contributed by atoms with Crippen LogP contribution in [0.5, 0.6) is 0 Å². The summed E-state index contributed by atoms with van der Waals surface area (Å²) in [5.41, 5.74) is 6.14. The van der Waals surface area contributed by atoms with Gasteiger partial charge in [-0.1, -0.05) is 0 Å². The maximum atomic E-state index is 12.8. The van der Waals surface area contributed by atoms with E-state index in [1.54, 1.807) is 0 Å². The average molecular weight is 409 g/mol. The molecule has 4 aromatic rings. The highest BCUT2D eigenvalue weighted by Crippen LogP contribution is 2.50. The standard InChI is InChI=1S/C20H8O2S4/c21-15-17-9(1-5-23-17)13(10-2-6-24-18(10)15)14-11-3-7-25-19(11)16(22)20-12(14)4-8-26-20/h1-8H. The number of hydrogen-bond donors (Lipinski definition) is 0. The van der Waals surface area contributed by atoms with Crippen molar-refractivity contribution in [3.05, 3.63) is 87.5 Å². The van der Waals surface area contributed by atoms with Gasteiger partial charge in [0.05, 0.1) is 19.5 Å². The maximum Gasteiger partial charge on any atom is 0.214 e. The fourth-order valence-electron chi connectivity index (χ4n) is 3.76. The van der Waals surface area contributed by atoms with Crippen LogP contribution in [0, 0.1) is 0 Å². The van der Waals surface area contributed by atoms with Gasteiger partial charge in [-0.15, -0.1) is 45.3 Å². The van der Waals surface area contributed by atoms with E-state index in [1.165, 1.54) is 45.3 Å². The van der Waals surface area contributed by atoms with Crippen LogP contribution in [0.15, 0.2) is 45.8 Å². The van der Waals surface area contributed by atoms with Crippen molar-refractivity contribution in [3.63, 3.8) is 0 Å². The van der Waals surface area contributed by atoms with Crippen molar-refractivity contribution in [1.29, 1.82) is 0 Å². The SMILES string of the molecule is O=C1c2sccc2C(=C2c3ccsc3C(=O)c3sccc32)c2ccsc21. The molecule has 2 aliphatic carbocycles. The number of ketones is 2. The zero-order chi connectivity index (χ0) is 17.4. The molecule has 124 valence electrons. The zero-order valence-corrected chi connectivity index (χ0v) is 16.3. The van der Waals surface area contributed by atoms with Crippen molar-refractivity contribution in [2.24, 2.45) is 0 Å². The first-order valence-electron chi connectivity index (χ1n) is 7.91. The Balaban J connectivity index is 1.81. The predicted octanol–water partition coefficient (Wildman–Crippen LogP) is 6.03. The molecule has 2 nitrogen and oxygen atoms in total. The predicted molar refractivity (Wildman–Crippen MR) is 109 cm³/mol. The van der Waals surface area contributed by atoms with E-state index < -0.39 is 0 Å². The fraction of sp³-hybridized carbons (Fsp3) is 0.